The number of fused-ring (bicyclic) bond motifs is 8. The van der Waals surface area contributed by atoms with E-state index in [0.717, 1.165) is 77.0 Å². The van der Waals surface area contributed by atoms with Crippen molar-refractivity contribution in [3.8, 4) is 11.4 Å². The highest BCUT2D eigenvalue weighted by atomic mass is 15.2. The minimum absolute atomic E-state index is 0.982. The molecule has 4 nitrogen and oxygen atoms in total. The van der Waals surface area contributed by atoms with Crippen LogP contribution in [-0.4, -0.2) is 9.13 Å². The average Bonchev–Trinajstić information content (AvgIpc) is 1.26. The highest BCUT2D eigenvalue weighted by Crippen LogP contribution is 2.53. The summed E-state index contributed by atoms with van der Waals surface area (Å²) >= 11 is 0. The van der Waals surface area contributed by atoms with Gasteiger partial charge in [0.2, 0.25) is 0 Å². The minimum Gasteiger partial charge on any atom is -0.309 e. The van der Waals surface area contributed by atoms with Gasteiger partial charge >= 0.3 is 0 Å². The summed E-state index contributed by atoms with van der Waals surface area (Å²) in [5.74, 6) is 0. The molecule has 0 spiro atoms. The Labute approximate surface area is 518 Å². The Morgan fingerprint density at radius 2 is 0.705 bits per heavy atom. The Kier molecular flexibility index (Phi) is 13.9. The van der Waals surface area contributed by atoms with Crippen molar-refractivity contribution >= 4 is 110 Å². The number of aryl methyl sites for hydroxylation is 6. The zero-order valence-corrected chi connectivity index (χ0v) is 51.7. The van der Waals surface area contributed by atoms with Gasteiger partial charge in [0.1, 0.15) is 0 Å². The molecule has 14 aromatic rings. The van der Waals surface area contributed by atoms with Crippen molar-refractivity contribution in [1.29, 1.82) is 0 Å². The molecule has 16 rings (SSSR count). The van der Waals surface area contributed by atoms with Crippen LogP contribution in [-0.2, 0) is 51.4 Å². The van der Waals surface area contributed by atoms with E-state index in [0.29, 0.717) is 0 Å². The fourth-order valence-corrected chi connectivity index (χ4v) is 16.2. The zero-order chi connectivity index (χ0) is 59.0. The summed E-state index contributed by atoms with van der Waals surface area (Å²) in [6.07, 6.45) is 17.6. The Bertz CT molecular complexity index is 4690. The Balaban J connectivity index is 0.983. The van der Waals surface area contributed by atoms with Crippen LogP contribution >= 0.6 is 0 Å². The third kappa shape index (κ3) is 8.91. The quantitative estimate of drug-likeness (QED) is 0.0897. The predicted molar refractivity (Wildman–Crippen MR) is 377 cm³/mol. The summed E-state index contributed by atoms with van der Waals surface area (Å²) in [5, 5.41) is 13.2. The minimum atomic E-state index is 0.982. The molecule has 0 unspecified atom stereocenters. The van der Waals surface area contributed by atoms with Gasteiger partial charge in [-0.15, -0.1) is 0 Å². The third-order valence-electron chi connectivity index (χ3n) is 20.0. The first-order valence-electron chi connectivity index (χ1n) is 33.3. The van der Waals surface area contributed by atoms with E-state index in [1.165, 1.54) is 192 Å². The van der Waals surface area contributed by atoms with E-state index in [1.807, 2.05) is 0 Å². The molecule has 12 aromatic carbocycles. The lowest BCUT2D eigenvalue weighted by Gasteiger charge is -2.33. The monoisotopic (exact) mass is 1140 g/mol. The fraction of sp³-hybridized carbons (Fsp3) is 0.238. The van der Waals surface area contributed by atoms with E-state index >= 15 is 0 Å². The Hall–Kier alpha value is -9.12. The molecule has 0 amide bonds. The number of anilines is 6. The molecular formula is C84H78N4. The molecule has 2 aromatic heterocycles. The SMILES string of the molecule is CCCc1cccc(-n2c3ccccc3c3ccc(N(c4cccc5c4CCCC5)c4cc(CCC)c5ccc6c(N(c7ccc8c9ccccc9n(-c9cccc(CCC)c9)c8c7)c7cccc8c7CCCC8)cc(CCC)c7ccc4c5c76)cc32)c1. The average molecular weight is 1140 g/mol. The van der Waals surface area contributed by atoms with E-state index in [-0.39, 0.29) is 0 Å². The molecule has 0 radical (unpaired) electrons. The van der Waals surface area contributed by atoms with Gasteiger partial charge in [0, 0.05) is 66.4 Å². The molecule has 2 aliphatic rings. The highest BCUT2D eigenvalue weighted by molar-refractivity contribution is 6.29. The van der Waals surface area contributed by atoms with Crippen LogP contribution < -0.4 is 9.80 Å². The van der Waals surface area contributed by atoms with E-state index in [1.54, 1.807) is 0 Å². The molecule has 0 saturated heterocycles. The van der Waals surface area contributed by atoms with Gasteiger partial charge in [-0.2, -0.15) is 0 Å². The van der Waals surface area contributed by atoms with Crippen LogP contribution in [0.3, 0.4) is 0 Å². The van der Waals surface area contributed by atoms with E-state index < -0.39 is 0 Å². The summed E-state index contributed by atoms with van der Waals surface area (Å²) in [5.41, 5.74) is 26.4. The van der Waals surface area contributed by atoms with E-state index in [2.05, 4.69) is 253 Å². The summed E-state index contributed by atoms with van der Waals surface area (Å²) in [7, 11) is 0. The molecule has 4 heteroatoms. The van der Waals surface area contributed by atoms with Crippen LogP contribution in [0.5, 0.6) is 0 Å². The van der Waals surface area contributed by atoms with E-state index in [9.17, 15) is 0 Å². The van der Waals surface area contributed by atoms with E-state index in [4.69, 9.17) is 0 Å². The van der Waals surface area contributed by atoms with Crippen LogP contribution in [0.1, 0.15) is 124 Å². The van der Waals surface area contributed by atoms with Gasteiger partial charge in [-0.1, -0.05) is 175 Å². The number of benzene rings is 12. The van der Waals surface area contributed by atoms with Crippen molar-refractivity contribution in [3.63, 3.8) is 0 Å². The van der Waals surface area contributed by atoms with Crippen molar-refractivity contribution in [2.75, 3.05) is 9.80 Å². The summed E-state index contributed by atoms with van der Waals surface area (Å²) < 4.78 is 5.07. The summed E-state index contributed by atoms with van der Waals surface area (Å²) in [6, 6.07) is 81.0. The molecule has 2 aliphatic carbocycles. The molecule has 0 aliphatic heterocycles. The fourth-order valence-electron chi connectivity index (χ4n) is 16.2. The molecule has 0 bridgehead atoms. The zero-order valence-electron chi connectivity index (χ0n) is 51.7. The van der Waals surface area contributed by atoms with Crippen LogP contribution in [0.15, 0.2) is 206 Å². The van der Waals surface area contributed by atoms with Gasteiger partial charge in [0.25, 0.3) is 0 Å². The largest absolute Gasteiger partial charge is 0.309 e. The number of rotatable bonds is 16. The van der Waals surface area contributed by atoms with Crippen LogP contribution in [0, 0.1) is 0 Å². The predicted octanol–water partition coefficient (Wildman–Crippen LogP) is 23.3. The first-order valence-corrected chi connectivity index (χ1v) is 33.3. The topological polar surface area (TPSA) is 16.3 Å². The van der Waals surface area contributed by atoms with Gasteiger partial charge in [0.05, 0.1) is 33.4 Å². The number of hydrogen-bond donors (Lipinski definition) is 0. The lowest BCUT2D eigenvalue weighted by atomic mass is 9.85. The van der Waals surface area contributed by atoms with Crippen molar-refractivity contribution in [2.24, 2.45) is 0 Å². The summed E-state index contributed by atoms with van der Waals surface area (Å²) in [6.45, 7) is 9.29. The van der Waals surface area contributed by atoms with Crippen LogP contribution in [0.25, 0.3) is 87.3 Å². The molecule has 0 atom stereocenters. The Morgan fingerprint density at radius 3 is 1.16 bits per heavy atom. The lowest BCUT2D eigenvalue weighted by molar-refractivity contribution is 0.686. The maximum atomic E-state index is 2.70. The van der Waals surface area contributed by atoms with Crippen molar-refractivity contribution in [1.82, 2.24) is 9.13 Å². The van der Waals surface area contributed by atoms with Gasteiger partial charge in [-0.05, 0) is 228 Å². The molecule has 2 heterocycles. The second kappa shape index (κ2) is 22.5. The second-order valence-electron chi connectivity index (χ2n) is 25.5. The first kappa shape index (κ1) is 54.3. The standard InChI is InChI=1S/C84H78N4/c1-5-21-55-25-17-31-61(49-55)85-77-37-15-13-35-69(77)71-43-41-63(53-81(71)85)87(75-39-19-29-57-27-9-11-33-65(57)75)79-51-59(23-7-3)67-46-48-74-80(52-60(24-8-4)68-45-47-73(79)83(67)84(68)74)88(76-40-20-30-58-28-10-12-34-66(58)76)64-42-44-72-70-36-14-16-38-78(70)86(82(72)54-64)62-32-18-26-56(50-62)22-6-2/h13-20,25-26,29-32,35-54H,5-12,21-24,27-28,33-34H2,1-4H3. The first-order chi connectivity index (χ1) is 43.5. The van der Waals surface area contributed by atoms with Gasteiger partial charge < -0.3 is 18.9 Å². The second-order valence-corrected chi connectivity index (χ2v) is 25.5. The van der Waals surface area contributed by atoms with Crippen molar-refractivity contribution < 1.29 is 0 Å². The summed E-state index contributed by atoms with van der Waals surface area (Å²) in [4.78, 5) is 5.40. The van der Waals surface area contributed by atoms with Crippen LogP contribution in [0.2, 0.25) is 0 Å². The van der Waals surface area contributed by atoms with Crippen LogP contribution in [0.4, 0.5) is 34.1 Å². The number of hydrogen-bond acceptors (Lipinski definition) is 2. The molecular weight excluding hydrogens is 1060 g/mol. The smallest absolute Gasteiger partial charge is 0.0561 e. The number of para-hydroxylation sites is 2. The Morgan fingerprint density at radius 1 is 0.307 bits per heavy atom. The lowest BCUT2D eigenvalue weighted by Crippen LogP contribution is -2.17. The highest BCUT2D eigenvalue weighted by Gasteiger charge is 2.30. The van der Waals surface area contributed by atoms with Gasteiger partial charge in [-0.25, -0.2) is 0 Å². The van der Waals surface area contributed by atoms with Crippen molar-refractivity contribution in [2.45, 2.75) is 130 Å². The van der Waals surface area contributed by atoms with Gasteiger partial charge in [-0.3, -0.25) is 0 Å². The molecule has 0 N–H and O–H groups in total. The molecule has 0 fully saturated rings. The number of aromatic nitrogens is 2. The normalized spacial score (nSPS) is 13.5. The van der Waals surface area contributed by atoms with Crippen molar-refractivity contribution in [3.05, 3.63) is 251 Å². The molecule has 0 saturated carbocycles. The maximum absolute atomic E-state index is 2.70. The maximum Gasteiger partial charge on any atom is 0.0561 e. The molecule has 88 heavy (non-hydrogen) atoms. The number of nitrogens with zero attached hydrogens (tertiary/aromatic N) is 4. The van der Waals surface area contributed by atoms with Gasteiger partial charge in [0.15, 0.2) is 0 Å². The molecule has 434 valence electrons. The third-order valence-corrected chi connectivity index (χ3v) is 20.0.